The molecule has 0 spiro atoms. The molecule has 1 aliphatic rings. The van der Waals surface area contributed by atoms with Crippen LogP contribution < -0.4 is 0 Å². The lowest BCUT2D eigenvalue weighted by Crippen LogP contribution is -2.51. The highest BCUT2D eigenvalue weighted by molar-refractivity contribution is 7.91. The van der Waals surface area contributed by atoms with E-state index in [4.69, 9.17) is 0 Å². The molecule has 1 rings (SSSR count). The highest BCUT2D eigenvalue weighted by Crippen LogP contribution is 2.37. The molecule has 4 nitrogen and oxygen atoms in total. The molecule has 0 heterocycles. The van der Waals surface area contributed by atoms with Crippen molar-refractivity contribution in [1.82, 2.24) is 4.31 Å². The molecule has 0 atom stereocenters. The minimum Gasteiger partial charge on any atom is -0.298 e. The summed E-state index contributed by atoms with van der Waals surface area (Å²) in [5.41, 5.74) is 0. The second-order valence-electron chi connectivity index (χ2n) is 4.40. The van der Waals surface area contributed by atoms with E-state index < -0.39 is 14.8 Å². The number of sulfonamides is 1. The van der Waals surface area contributed by atoms with Crippen LogP contribution in [0.5, 0.6) is 0 Å². The number of carbonyl (C=O) groups excluding carboxylic acids is 1. The first-order valence-electron chi connectivity index (χ1n) is 5.28. The lowest BCUT2D eigenvalue weighted by molar-refractivity contribution is -0.120. The van der Waals surface area contributed by atoms with Crippen LogP contribution in [0.4, 0.5) is 0 Å². The van der Waals surface area contributed by atoms with E-state index in [0.717, 1.165) is 19.3 Å². The van der Waals surface area contributed by atoms with Gasteiger partial charge in [0.05, 0.1) is 0 Å². The fraction of sp³-hybridized carbons (Fsp3) is 0.900. The number of ketones is 1. The molecule has 0 amide bonds. The second-order valence-corrected chi connectivity index (χ2v) is 6.86. The van der Waals surface area contributed by atoms with E-state index in [1.165, 1.54) is 25.3 Å². The zero-order valence-electron chi connectivity index (χ0n) is 9.62. The van der Waals surface area contributed by atoms with Crippen molar-refractivity contribution >= 4 is 15.8 Å². The quantitative estimate of drug-likeness (QED) is 0.735. The fourth-order valence-corrected chi connectivity index (χ4v) is 4.13. The summed E-state index contributed by atoms with van der Waals surface area (Å²) < 4.78 is 24.3. The molecule has 1 saturated carbocycles. The monoisotopic (exact) mass is 233 g/mol. The van der Waals surface area contributed by atoms with Crippen LogP contribution in [-0.2, 0) is 14.8 Å². The first kappa shape index (κ1) is 12.6. The van der Waals surface area contributed by atoms with Gasteiger partial charge in [0.15, 0.2) is 5.78 Å². The highest BCUT2D eigenvalue weighted by Gasteiger charge is 2.49. The molecule has 1 fully saturated rings. The van der Waals surface area contributed by atoms with E-state index >= 15 is 0 Å². The van der Waals surface area contributed by atoms with E-state index in [1.54, 1.807) is 0 Å². The van der Waals surface area contributed by atoms with Crippen LogP contribution in [0.2, 0.25) is 0 Å². The van der Waals surface area contributed by atoms with Gasteiger partial charge in [-0.25, -0.2) is 12.7 Å². The normalized spacial score (nSPS) is 21.6. The molecule has 0 aliphatic heterocycles. The summed E-state index contributed by atoms with van der Waals surface area (Å²) in [4.78, 5) is 11.7. The molecule has 0 aromatic heterocycles. The minimum absolute atomic E-state index is 0.212. The minimum atomic E-state index is -3.48. The van der Waals surface area contributed by atoms with Crippen LogP contribution in [-0.4, -0.2) is 37.3 Å². The van der Waals surface area contributed by atoms with E-state index in [1.807, 2.05) is 0 Å². The van der Waals surface area contributed by atoms with E-state index in [0.29, 0.717) is 12.8 Å². The predicted octanol–water partition coefficient (Wildman–Crippen LogP) is 1.17. The van der Waals surface area contributed by atoms with E-state index in [9.17, 15) is 13.2 Å². The third-order valence-corrected chi connectivity index (χ3v) is 5.92. The second kappa shape index (κ2) is 4.22. The molecule has 1 aliphatic carbocycles. The first-order valence-corrected chi connectivity index (χ1v) is 6.72. The molecule has 0 N–H and O–H groups in total. The van der Waals surface area contributed by atoms with Crippen LogP contribution in [0.15, 0.2) is 0 Å². The summed E-state index contributed by atoms with van der Waals surface area (Å²) >= 11 is 0. The Balaban J connectivity index is 3.17. The van der Waals surface area contributed by atoms with Gasteiger partial charge in [-0.1, -0.05) is 19.3 Å². The average molecular weight is 233 g/mol. The highest BCUT2D eigenvalue weighted by atomic mass is 32.2. The van der Waals surface area contributed by atoms with Crippen molar-refractivity contribution in [2.45, 2.75) is 43.8 Å². The maximum Gasteiger partial charge on any atom is 0.226 e. The van der Waals surface area contributed by atoms with Gasteiger partial charge in [0.2, 0.25) is 10.0 Å². The molecule has 0 saturated heterocycles. The number of hydrogen-bond acceptors (Lipinski definition) is 3. The third kappa shape index (κ3) is 1.95. The standard InChI is InChI=1S/C10H19NO3S/c1-9(12)10(7-5-4-6-8-10)15(13,14)11(2)3/h4-8H2,1-3H3. The summed E-state index contributed by atoms with van der Waals surface area (Å²) in [6, 6.07) is 0. The third-order valence-electron chi connectivity index (χ3n) is 3.28. The van der Waals surface area contributed by atoms with Gasteiger partial charge in [-0.05, 0) is 19.8 Å². The SMILES string of the molecule is CC(=O)C1(S(=O)(=O)N(C)C)CCCCC1. The van der Waals surface area contributed by atoms with Crippen LogP contribution in [0.25, 0.3) is 0 Å². The van der Waals surface area contributed by atoms with Crippen molar-refractivity contribution in [2.75, 3.05) is 14.1 Å². The molecule has 5 heteroatoms. The summed E-state index contributed by atoms with van der Waals surface area (Å²) in [6.45, 7) is 1.40. The van der Waals surface area contributed by atoms with Gasteiger partial charge in [0, 0.05) is 14.1 Å². The number of Topliss-reactive ketones (excluding diaryl/α,β-unsaturated/α-hetero) is 1. The smallest absolute Gasteiger partial charge is 0.226 e. The summed E-state index contributed by atoms with van der Waals surface area (Å²) in [6.07, 6.45) is 3.63. The van der Waals surface area contributed by atoms with Gasteiger partial charge < -0.3 is 0 Å². The van der Waals surface area contributed by atoms with Crippen molar-refractivity contribution < 1.29 is 13.2 Å². The number of carbonyl (C=O) groups is 1. The lowest BCUT2D eigenvalue weighted by atomic mass is 9.86. The fourth-order valence-electron chi connectivity index (χ4n) is 2.26. The maximum absolute atomic E-state index is 12.2. The molecular formula is C10H19NO3S. The van der Waals surface area contributed by atoms with Gasteiger partial charge in [-0.2, -0.15) is 0 Å². The van der Waals surface area contributed by atoms with E-state index in [-0.39, 0.29) is 5.78 Å². The lowest BCUT2D eigenvalue weighted by Gasteiger charge is -2.36. The Hall–Kier alpha value is -0.420. The van der Waals surface area contributed by atoms with Crippen molar-refractivity contribution in [3.8, 4) is 0 Å². The Labute approximate surface area is 91.7 Å². The predicted molar refractivity (Wildman–Crippen MR) is 59.1 cm³/mol. The number of hydrogen-bond donors (Lipinski definition) is 0. The van der Waals surface area contributed by atoms with Gasteiger partial charge in [0.25, 0.3) is 0 Å². The average Bonchev–Trinajstić information content (AvgIpc) is 2.18. The van der Waals surface area contributed by atoms with Gasteiger partial charge in [-0.15, -0.1) is 0 Å². The maximum atomic E-state index is 12.2. The van der Waals surface area contributed by atoms with Crippen LogP contribution in [0.1, 0.15) is 39.0 Å². The molecule has 0 aromatic rings. The molecule has 0 unspecified atom stereocenters. The topological polar surface area (TPSA) is 54.5 Å². The molecule has 15 heavy (non-hydrogen) atoms. The molecule has 88 valence electrons. The molecule has 0 radical (unpaired) electrons. The summed E-state index contributed by atoms with van der Waals surface area (Å²) in [7, 11) is -0.488. The van der Waals surface area contributed by atoms with Gasteiger partial charge in [-0.3, -0.25) is 4.79 Å². The van der Waals surface area contributed by atoms with E-state index in [2.05, 4.69) is 0 Å². The summed E-state index contributed by atoms with van der Waals surface area (Å²) in [5, 5.41) is 0. The van der Waals surface area contributed by atoms with Crippen molar-refractivity contribution in [2.24, 2.45) is 0 Å². The van der Waals surface area contributed by atoms with Crippen LogP contribution >= 0.6 is 0 Å². The first-order chi connectivity index (χ1) is 6.84. The molecular weight excluding hydrogens is 214 g/mol. The Morgan fingerprint density at radius 3 is 1.93 bits per heavy atom. The summed E-state index contributed by atoms with van der Waals surface area (Å²) in [5.74, 6) is -0.212. The Kier molecular flexibility index (Phi) is 3.55. The van der Waals surface area contributed by atoms with Gasteiger partial charge in [0.1, 0.15) is 4.75 Å². The van der Waals surface area contributed by atoms with Crippen molar-refractivity contribution in [3.05, 3.63) is 0 Å². The van der Waals surface area contributed by atoms with Crippen LogP contribution in [0, 0.1) is 0 Å². The number of nitrogens with zero attached hydrogens (tertiary/aromatic N) is 1. The Morgan fingerprint density at radius 2 is 1.60 bits per heavy atom. The Bertz CT molecular complexity index is 340. The molecule has 0 bridgehead atoms. The van der Waals surface area contributed by atoms with Crippen molar-refractivity contribution in [1.29, 1.82) is 0 Å². The van der Waals surface area contributed by atoms with Gasteiger partial charge >= 0.3 is 0 Å². The largest absolute Gasteiger partial charge is 0.298 e. The zero-order chi connectivity index (χ0) is 11.7. The number of rotatable bonds is 3. The molecule has 0 aromatic carbocycles. The van der Waals surface area contributed by atoms with Crippen LogP contribution in [0.3, 0.4) is 0 Å². The van der Waals surface area contributed by atoms with Crippen molar-refractivity contribution in [3.63, 3.8) is 0 Å². The Morgan fingerprint density at radius 1 is 1.13 bits per heavy atom. The zero-order valence-corrected chi connectivity index (χ0v) is 10.4.